The molecule has 1 amide bonds. The molecule has 1 aromatic heterocycles. The number of aryl methyl sites for hydroxylation is 1. The van der Waals surface area contributed by atoms with Gasteiger partial charge in [0.1, 0.15) is 5.82 Å². The van der Waals surface area contributed by atoms with Crippen molar-refractivity contribution >= 4 is 5.91 Å². The quantitative estimate of drug-likeness (QED) is 0.919. The van der Waals surface area contributed by atoms with E-state index >= 15 is 0 Å². The maximum atomic E-state index is 12.5. The van der Waals surface area contributed by atoms with E-state index in [1.165, 1.54) is 25.7 Å². The number of hydrogen-bond acceptors (Lipinski definition) is 3. The number of carbonyl (C=O) groups excluding carboxylic acids is 1. The summed E-state index contributed by atoms with van der Waals surface area (Å²) in [7, 11) is 0. The van der Waals surface area contributed by atoms with E-state index in [9.17, 15) is 4.79 Å². The first-order chi connectivity index (χ1) is 10.2. The molecule has 0 spiro atoms. The number of imidazole rings is 1. The van der Waals surface area contributed by atoms with Crippen LogP contribution in [0.2, 0.25) is 0 Å². The van der Waals surface area contributed by atoms with Gasteiger partial charge in [0.25, 0.3) is 0 Å². The van der Waals surface area contributed by atoms with Gasteiger partial charge < -0.3 is 9.88 Å². The molecule has 2 aliphatic heterocycles. The molecule has 0 bridgehead atoms. The van der Waals surface area contributed by atoms with Crippen molar-refractivity contribution in [3.05, 3.63) is 18.2 Å². The SMILES string of the molecule is C[C@@H](C(=O)N[C@H]1CCc2nccn2C1)N1CCCCCC1. The molecule has 0 aliphatic carbocycles. The fraction of sp³-hybridized carbons (Fsp3) is 0.750. The molecule has 1 N–H and O–H groups in total. The van der Waals surface area contributed by atoms with Crippen LogP contribution in [0.15, 0.2) is 12.4 Å². The number of likely N-dealkylation sites (tertiary alicyclic amines) is 1. The van der Waals surface area contributed by atoms with Gasteiger partial charge >= 0.3 is 0 Å². The molecule has 0 radical (unpaired) electrons. The highest BCUT2D eigenvalue weighted by Crippen LogP contribution is 2.15. The van der Waals surface area contributed by atoms with E-state index in [2.05, 4.69) is 19.8 Å². The van der Waals surface area contributed by atoms with Crippen LogP contribution in [0.5, 0.6) is 0 Å². The maximum absolute atomic E-state index is 12.5. The molecule has 3 heterocycles. The lowest BCUT2D eigenvalue weighted by molar-refractivity contribution is -0.126. The fourth-order valence-corrected chi connectivity index (χ4v) is 3.45. The van der Waals surface area contributed by atoms with Gasteiger partial charge in [0.05, 0.1) is 6.04 Å². The Morgan fingerprint density at radius 2 is 2.10 bits per heavy atom. The summed E-state index contributed by atoms with van der Waals surface area (Å²) in [6.07, 6.45) is 10.9. The Kier molecular flexibility index (Phi) is 4.58. The largest absolute Gasteiger partial charge is 0.350 e. The molecule has 1 aromatic rings. The lowest BCUT2D eigenvalue weighted by Gasteiger charge is -2.30. The Bertz CT molecular complexity index is 476. The van der Waals surface area contributed by atoms with Crippen LogP contribution in [0, 0.1) is 0 Å². The predicted molar refractivity (Wildman–Crippen MR) is 82.0 cm³/mol. The third-order valence-corrected chi connectivity index (χ3v) is 4.85. The van der Waals surface area contributed by atoms with Crippen molar-refractivity contribution in [2.75, 3.05) is 13.1 Å². The summed E-state index contributed by atoms with van der Waals surface area (Å²) in [6.45, 7) is 5.02. The summed E-state index contributed by atoms with van der Waals surface area (Å²) in [6, 6.07) is 0.237. The molecular formula is C16H26N4O. The van der Waals surface area contributed by atoms with Crippen LogP contribution in [0.1, 0.15) is 44.9 Å². The van der Waals surface area contributed by atoms with Crippen LogP contribution in [0.25, 0.3) is 0 Å². The highest BCUT2D eigenvalue weighted by atomic mass is 16.2. The van der Waals surface area contributed by atoms with Crippen LogP contribution in [0.4, 0.5) is 0 Å². The molecule has 1 saturated heterocycles. The van der Waals surface area contributed by atoms with Crippen LogP contribution in [-0.4, -0.2) is 45.5 Å². The minimum absolute atomic E-state index is 0.00714. The molecule has 5 heteroatoms. The normalized spacial score (nSPS) is 24.9. The van der Waals surface area contributed by atoms with E-state index in [-0.39, 0.29) is 18.0 Å². The average Bonchev–Trinajstić information content (AvgIpc) is 2.78. The van der Waals surface area contributed by atoms with Gasteiger partial charge in [-0.3, -0.25) is 9.69 Å². The van der Waals surface area contributed by atoms with E-state index < -0.39 is 0 Å². The van der Waals surface area contributed by atoms with Crippen molar-refractivity contribution in [1.29, 1.82) is 0 Å². The van der Waals surface area contributed by atoms with Crippen LogP contribution >= 0.6 is 0 Å². The van der Waals surface area contributed by atoms with E-state index in [1.54, 1.807) is 0 Å². The van der Waals surface area contributed by atoms with Gasteiger partial charge in [-0.15, -0.1) is 0 Å². The third kappa shape index (κ3) is 3.46. The summed E-state index contributed by atoms with van der Waals surface area (Å²) in [5.74, 6) is 1.33. The number of hydrogen-bond donors (Lipinski definition) is 1. The Balaban J connectivity index is 1.54. The summed E-state index contributed by atoms with van der Waals surface area (Å²) in [5, 5.41) is 3.24. The second-order valence-corrected chi connectivity index (χ2v) is 6.37. The Morgan fingerprint density at radius 3 is 2.86 bits per heavy atom. The summed E-state index contributed by atoms with van der Waals surface area (Å²) in [4.78, 5) is 19.2. The Morgan fingerprint density at radius 1 is 1.33 bits per heavy atom. The first-order valence-electron chi connectivity index (χ1n) is 8.28. The number of carbonyl (C=O) groups is 1. The second-order valence-electron chi connectivity index (χ2n) is 6.37. The highest BCUT2D eigenvalue weighted by Gasteiger charge is 2.26. The molecular weight excluding hydrogens is 264 g/mol. The molecule has 0 saturated carbocycles. The van der Waals surface area contributed by atoms with E-state index in [0.717, 1.165) is 38.3 Å². The van der Waals surface area contributed by atoms with Crippen LogP contribution < -0.4 is 5.32 Å². The van der Waals surface area contributed by atoms with Gasteiger partial charge in [0.2, 0.25) is 5.91 Å². The molecule has 5 nitrogen and oxygen atoms in total. The number of nitrogens with zero attached hydrogens (tertiary/aromatic N) is 3. The summed E-state index contributed by atoms with van der Waals surface area (Å²) < 4.78 is 2.16. The number of aromatic nitrogens is 2. The van der Waals surface area contributed by atoms with Crippen molar-refractivity contribution in [2.45, 2.75) is 64.1 Å². The Labute approximate surface area is 126 Å². The van der Waals surface area contributed by atoms with Crippen LogP contribution in [0.3, 0.4) is 0 Å². The van der Waals surface area contributed by atoms with E-state index in [4.69, 9.17) is 0 Å². The van der Waals surface area contributed by atoms with Gasteiger partial charge in [0.15, 0.2) is 0 Å². The zero-order valence-corrected chi connectivity index (χ0v) is 12.9. The smallest absolute Gasteiger partial charge is 0.237 e. The summed E-state index contributed by atoms with van der Waals surface area (Å²) >= 11 is 0. The lowest BCUT2D eigenvalue weighted by atomic mass is 10.1. The van der Waals surface area contributed by atoms with Gasteiger partial charge in [-0.2, -0.15) is 0 Å². The zero-order chi connectivity index (χ0) is 14.7. The molecule has 116 valence electrons. The first kappa shape index (κ1) is 14.6. The number of fused-ring (bicyclic) bond motifs is 1. The van der Waals surface area contributed by atoms with Gasteiger partial charge in [0, 0.05) is 31.4 Å². The second kappa shape index (κ2) is 6.60. The van der Waals surface area contributed by atoms with Crippen molar-refractivity contribution < 1.29 is 4.79 Å². The molecule has 0 aromatic carbocycles. The molecule has 21 heavy (non-hydrogen) atoms. The molecule has 2 atom stereocenters. The minimum Gasteiger partial charge on any atom is -0.350 e. The highest BCUT2D eigenvalue weighted by molar-refractivity contribution is 5.81. The Hall–Kier alpha value is -1.36. The third-order valence-electron chi connectivity index (χ3n) is 4.85. The van der Waals surface area contributed by atoms with Gasteiger partial charge in [-0.25, -0.2) is 4.98 Å². The lowest BCUT2D eigenvalue weighted by Crippen LogP contribution is -2.50. The van der Waals surface area contributed by atoms with E-state index in [1.807, 2.05) is 19.3 Å². The minimum atomic E-state index is -0.00714. The average molecular weight is 290 g/mol. The van der Waals surface area contributed by atoms with Gasteiger partial charge in [-0.1, -0.05) is 12.8 Å². The van der Waals surface area contributed by atoms with E-state index in [0.29, 0.717) is 0 Å². The van der Waals surface area contributed by atoms with Crippen molar-refractivity contribution in [3.63, 3.8) is 0 Å². The zero-order valence-electron chi connectivity index (χ0n) is 12.9. The number of nitrogens with one attached hydrogen (secondary N) is 1. The van der Waals surface area contributed by atoms with Gasteiger partial charge in [-0.05, 0) is 39.3 Å². The number of amides is 1. The molecule has 2 aliphatic rings. The monoisotopic (exact) mass is 290 g/mol. The van der Waals surface area contributed by atoms with Crippen molar-refractivity contribution in [2.24, 2.45) is 0 Å². The predicted octanol–water partition coefficient (Wildman–Crippen LogP) is 1.58. The molecule has 0 unspecified atom stereocenters. The van der Waals surface area contributed by atoms with Crippen LogP contribution in [-0.2, 0) is 17.8 Å². The maximum Gasteiger partial charge on any atom is 0.237 e. The molecule has 3 rings (SSSR count). The molecule has 1 fully saturated rings. The fourth-order valence-electron chi connectivity index (χ4n) is 3.45. The number of rotatable bonds is 3. The first-order valence-corrected chi connectivity index (χ1v) is 8.28. The standard InChI is InChI=1S/C16H26N4O/c1-13(19-9-4-2-3-5-10-19)16(21)18-14-6-7-15-17-8-11-20(15)12-14/h8,11,13-14H,2-7,9-10,12H2,1H3,(H,18,21)/t13-,14-/m0/s1. The van der Waals surface area contributed by atoms with Crippen molar-refractivity contribution in [1.82, 2.24) is 19.8 Å². The topological polar surface area (TPSA) is 50.2 Å². The van der Waals surface area contributed by atoms with Crippen molar-refractivity contribution in [3.8, 4) is 0 Å². The summed E-state index contributed by atoms with van der Waals surface area (Å²) in [5.41, 5.74) is 0.